The number of nitrogens with one attached hydrogen (secondary N) is 1. The molecule has 4 heteroatoms. The highest BCUT2D eigenvalue weighted by atomic mass is 16.5. The minimum absolute atomic E-state index is 0.0202. The van der Waals surface area contributed by atoms with Crippen LogP contribution < -0.4 is 5.32 Å². The normalized spacial score (nSPS) is 27.7. The van der Waals surface area contributed by atoms with Crippen LogP contribution in [0.25, 0.3) is 0 Å². The van der Waals surface area contributed by atoms with Crippen molar-refractivity contribution >= 4 is 5.91 Å². The molecule has 0 aromatic carbocycles. The van der Waals surface area contributed by atoms with Crippen LogP contribution in [-0.4, -0.2) is 36.4 Å². The molecule has 0 radical (unpaired) electrons. The van der Waals surface area contributed by atoms with Crippen LogP contribution in [0.1, 0.15) is 33.1 Å². The second kappa shape index (κ2) is 6.08. The highest BCUT2D eigenvalue weighted by molar-refractivity contribution is 5.79. The maximum absolute atomic E-state index is 11.7. The highest BCUT2D eigenvalue weighted by Gasteiger charge is 2.32. The van der Waals surface area contributed by atoms with Crippen LogP contribution in [-0.2, 0) is 9.53 Å². The van der Waals surface area contributed by atoms with E-state index in [1.807, 2.05) is 13.8 Å². The van der Waals surface area contributed by atoms with Gasteiger partial charge in [0, 0.05) is 13.2 Å². The van der Waals surface area contributed by atoms with Crippen molar-refractivity contribution in [1.29, 1.82) is 0 Å². The maximum Gasteiger partial charge on any atom is 0.225 e. The SMILES string of the molecule is CCC(O)CNC(=O)C1CCOC1CC. The fourth-order valence-corrected chi connectivity index (χ4v) is 1.84. The van der Waals surface area contributed by atoms with Gasteiger partial charge in [-0.3, -0.25) is 4.79 Å². The third-order valence-electron chi connectivity index (χ3n) is 2.93. The second-order valence-electron chi connectivity index (χ2n) is 4.02. The summed E-state index contributed by atoms with van der Waals surface area (Å²) in [6, 6.07) is 0. The van der Waals surface area contributed by atoms with Gasteiger partial charge in [-0.15, -0.1) is 0 Å². The van der Waals surface area contributed by atoms with Crippen molar-refractivity contribution in [3.8, 4) is 0 Å². The summed E-state index contributed by atoms with van der Waals surface area (Å²) in [5.41, 5.74) is 0. The van der Waals surface area contributed by atoms with Crippen molar-refractivity contribution in [1.82, 2.24) is 5.32 Å². The Morgan fingerprint density at radius 2 is 2.33 bits per heavy atom. The Bertz CT molecular complexity index is 208. The van der Waals surface area contributed by atoms with Gasteiger partial charge in [0.25, 0.3) is 0 Å². The molecule has 1 heterocycles. The van der Waals surface area contributed by atoms with Crippen LogP contribution in [0, 0.1) is 5.92 Å². The minimum Gasteiger partial charge on any atom is -0.391 e. The lowest BCUT2D eigenvalue weighted by atomic mass is 9.98. The zero-order valence-electron chi connectivity index (χ0n) is 9.53. The second-order valence-corrected chi connectivity index (χ2v) is 4.02. The van der Waals surface area contributed by atoms with E-state index in [-0.39, 0.29) is 17.9 Å². The molecule has 3 atom stereocenters. The number of amides is 1. The number of carbonyl (C=O) groups is 1. The zero-order valence-corrected chi connectivity index (χ0v) is 9.53. The molecule has 88 valence electrons. The molecule has 1 saturated heterocycles. The van der Waals surface area contributed by atoms with Crippen LogP contribution in [0.2, 0.25) is 0 Å². The van der Waals surface area contributed by atoms with E-state index in [1.165, 1.54) is 0 Å². The molecule has 0 aliphatic carbocycles. The largest absolute Gasteiger partial charge is 0.391 e. The van der Waals surface area contributed by atoms with E-state index in [2.05, 4.69) is 5.32 Å². The predicted molar refractivity (Wildman–Crippen MR) is 57.4 cm³/mol. The van der Waals surface area contributed by atoms with Crippen molar-refractivity contribution in [2.45, 2.75) is 45.3 Å². The van der Waals surface area contributed by atoms with E-state index >= 15 is 0 Å². The van der Waals surface area contributed by atoms with Gasteiger partial charge in [0.05, 0.1) is 18.1 Å². The van der Waals surface area contributed by atoms with Gasteiger partial charge in [-0.2, -0.15) is 0 Å². The number of hydrogen-bond donors (Lipinski definition) is 2. The summed E-state index contributed by atoms with van der Waals surface area (Å²) in [5.74, 6) is -0.00842. The Morgan fingerprint density at radius 3 is 2.93 bits per heavy atom. The van der Waals surface area contributed by atoms with Gasteiger partial charge in [0.2, 0.25) is 5.91 Å². The van der Waals surface area contributed by atoms with Gasteiger partial charge >= 0.3 is 0 Å². The summed E-state index contributed by atoms with van der Waals surface area (Å²) in [4.78, 5) is 11.7. The molecule has 1 rings (SSSR count). The van der Waals surface area contributed by atoms with E-state index in [4.69, 9.17) is 4.74 Å². The van der Waals surface area contributed by atoms with Crippen molar-refractivity contribution in [3.63, 3.8) is 0 Å². The summed E-state index contributed by atoms with van der Waals surface area (Å²) >= 11 is 0. The molecule has 15 heavy (non-hydrogen) atoms. The Balaban J connectivity index is 2.33. The molecule has 0 aromatic heterocycles. The summed E-state index contributed by atoms with van der Waals surface area (Å²) < 4.78 is 5.45. The Morgan fingerprint density at radius 1 is 1.60 bits per heavy atom. The first-order valence-electron chi connectivity index (χ1n) is 5.76. The molecule has 1 aliphatic rings. The molecular formula is C11H21NO3. The Labute approximate surface area is 91.0 Å². The van der Waals surface area contributed by atoms with Gasteiger partial charge in [-0.25, -0.2) is 0 Å². The predicted octanol–water partition coefficient (Wildman–Crippen LogP) is 0.689. The first-order chi connectivity index (χ1) is 7.19. The van der Waals surface area contributed by atoms with Gasteiger partial charge in [0.15, 0.2) is 0 Å². The fraction of sp³-hybridized carbons (Fsp3) is 0.909. The number of carbonyl (C=O) groups excluding carboxylic acids is 1. The van der Waals surface area contributed by atoms with Gasteiger partial charge in [-0.1, -0.05) is 13.8 Å². The Hall–Kier alpha value is -0.610. The Kier molecular flexibility index (Phi) is 5.05. The summed E-state index contributed by atoms with van der Waals surface area (Å²) in [6.45, 7) is 4.94. The smallest absolute Gasteiger partial charge is 0.225 e. The quantitative estimate of drug-likeness (QED) is 0.709. The number of aliphatic hydroxyl groups excluding tert-OH is 1. The average Bonchev–Trinajstić information content (AvgIpc) is 2.73. The molecule has 4 nitrogen and oxygen atoms in total. The van der Waals surface area contributed by atoms with E-state index in [9.17, 15) is 9.90 Å². The topological polar surface area (TPSA) is 58.6 Å². The van der Waals surface area contributed by atoms with Gasteiger partial charge in [-0.05, 0) is 19.3 Å². The summed E-state index contributed by atoms with van der Waals surface area (Å²) in [6.07, 6.45) is 1.96. The zero-order chi connectivity index (χ0) is 11.3. The van der Waals surface area contributed by atoms with Gasteiger partial charge in [0.1, 0.15) is 0 Å². The van der Waals surface area contributed by atoms with E-state index < -0.39 is 6.10 Å². The number of ether oxygens (including phenoxy) is 1. The standard InChI is InChI=1S/C11H21NO3/c1-3-8(13)7-12-11(14)9-5-6-15-10(9)4-2/h8-10,13H,3-7H2,1-2H3,(H,12,14). The lowest BCUT2D eigenvalue weighted by molar-refractivity contribution is -0.127. The lowest BCUT2D eigenvalue weighted by Gasteiger charge is -2.17. The molecule has 0 aromatic rings. The first-order valence-corrected chi connectivity index (χ1v) is 5.76. The summed E-state index contributed by atoms with van der Waals surface area (Å²) in [7, 11) is 0. The fourth-order valence-electron chi connectivity index (χ4n) is 1.84. The van der Waals surface area contributed by atoms with Crippen molar-refractivity contribution in [3.05, 3.63) is 0 Å². The van der Waals surface area contributed by atoms with Crippen molar-refractivity contribution < 1.29 is 14.6 Å². The third-order valence-corrected chi connectivity index (χ3v) is 2.93. The molecule has 1 amide bonds. The third kappa shape index (κ3) is 3.47. The lowest BCUT2D eigenvalue weighted by Crippen LogP contribution is -2.38. The molecule has 1 fully saturated rings. The highest BCUT2D eigenvalue weighted by Crippen LogP contribution is 2.23. The summed E-state index contributed by atoms with van der Waals surface area (Å²) in [5, 5.41) is 12.1. The number of rotatable bonds is 5. The maximum atomic E-state index is 11.7. The number of hydrogen-bond acceptors (Lipinski definition) is 3. The monoisotopic (exact) mass is 215 g/mol. The van der Waals surface area contributed by atoms with Gasteiger partial charge < -0.3 is 15.2 Å². The van der Waals surface area contributed by atoms with Crippen LogP contribution in [0.4, 0.5) is 0 Å². The molecule has 0 spiro atoms. The molecule has 0 bridgehead atoms. The van der Waals surface area contributed by atoms with Crippen LogP contribution >= 0.6 is 0 Å². The molecule has 0 saturated carbocycles. The molecule has 1 aliphatic heterocycles. The van der Waals surface area contributed by atoms with Crippen LogP contribution in [0.5, 0.6) is 0 Å². The minimum atomic E-state index is -0.434. The molecule has 2 N–H and O–H groups in total. The van der Waals surface area contributed by atoms with E-state index in [0.717, 1.165) is 12.8 Å². The van der Waals surface area contributed by atoms with Crippen LogP contribution in [0.15, 0.2) is 0 Å². The van der Waals surface area contributed by atoms with Crippen molar-refractivity contribution in [2.75, 3.05) is 13.2 Å². The number of aliphatic hydroxyl groups is 1. The average molecular weight is 215 g/mol. The molecular weight excluding hydrogens is 194 g/mol. The van der Waals surface area contributed by atoms with E-state index in [1.54, 1.807) is 0 Å². The first kappa shape index (κ1) is 12.5. The molecule has 3 unspecified atom stereocenters. The van der Waals surface area contributed by atoms with Crippen LogP contribution in [0.3, 0.4) is 0 Å². The van der Waals surface area contributed by atoms with E-state index in [0.29, 0.717) is 19.6 Å². The van der Waals surface area contributed by atoms with Crippen molar-refractivity contribution in [2.24, 2.45) is 5.92 Å².